The Morgan fingerprint density at radius 2 is 2.12 bits per heavy atom. The SMILES string of the molecule is Cn1cc(CNCC2(C)CCCCC2O)c(-c2ccc(C#N)cc2)n1. The Kier molecular flexibility index (Phi) is 5.22. The van der Waals surface area contributed by atoms with Crippen LogP contribution in [0.4, 0.5) is 0 Å². The summed E-state index contributed by atoms with van der Waals surface area (Å²) >= 11 is 0. The molecule has 0 bridgehead atoms. The van der Waals surface area contributed by atoms with Crippen LogP contribution in [0, 0.1) is 16.7 Å². The van der Waals surface area contributed by atoms with Crippen molar-refractivity contribution in [2.45, 2.75) is 45.3 Å². The molecule has 2 aromatic rings. The highest BCUT2D eigenvalue weighted by atomic mass is 16.3. The van der Waals surface area contributed by atoms with Gasteiger partial charge in [-0.2, -0.15) is 10.4 Å². The van der Waals surface area contributed by atoms with Crippen LogP contribution in [0.1, 0.15) is 43.7 Å². The molecule has 1 heterocycles. The van der Waals surface area contributed by atoms with Gasteiger partial charge in [-0.15, -0.1) is 0 Å². The number of hydrogen-bond acceptors (Lipinski definition) is 4. The average molecular weight is 338 g/mol. The quantitative estimate of drug-likeness (QED) is 0.879. The topological polar surface area (TPSA) is 73.9 Å². The van der Waals surface area contributed by atoms with Gasteiger partial charge in [-0.05, 0) is 25.0 Å². The van der Waals surface area contributed by atoms with E-state index in [2.05, 4.69) is 23.4 Å². The van der Waals surface area contributed by atoms with Crippen molar-refractivity contribution in [2.75, 3.05) is 6.54 Å². The lowest BCUT2D eigenvalue weighted by Crippen LogP contribution is -2.43. The van der Waals surface area contributed by atoms with E-state index in [1.165, 1.54) is 6.42 Å². The van der Waals surface area contributed by atoms with Gasteiger partial charge in [-0.25, -0.2) is 0 Å². The lowest BCUT2D eigenvalue weighted by molar-refractivity contribution is 0.00116. The molecule has 5 nitrogen and oxygen atoms in total. The van der Waals surface area contributed by atoms with Crippen molar-refractivity contribution in [1.29, 1.82) is 5.26 Å². The van der Waals surface area contributed by atoms with E-state index < -0.39 is 0 Å². The molecular formula is C20H26N4O. The van der Waals surface area contributed by atoms with Crippen LogP contribution in [0.3, 0.4) is 0 Å². The maximum Gasteiger partial charge on any atom is 0.0991 e. The molecule has 1 fully saturated rings. The smallest absolute Gasteiger partial charge is 0.0991 e. The summed E-state index contributed by atoms with van der Waals surface area (Å²) < 4.78 is 1.82. The summed E-state index contributed by atoms with van der Waals surface area (Å²) in [7, 11) is 1.92. The van der Waals surface area contributed by atoms with Crippen molar-refractivity contribution in [3.63, 3.8) is 0 Å². The second kappa shape index (κ2) is 7.38. The van der Waals surface area contributed by atoms with E-state index in [4.69, 9.17) is 5.26 Å². The first-order valence-corrected chi connectivity index (χ1v) is 8.94. The van der Waals surface area contributed by atoms with E-state index in [1.807, 2.05) is 42.2 Å². The summed E-state index contributed by atoms with van der Waals surface area (Å²) in [6.07, 6.45) is 6.10. The van der Waals surface area contributed by atoms with Gasteiger partial charge in [0, 0.05) is 42.9 Å². The van der Waals surface area contributed by atoms with E-state index >= 15 is 0 Å². The minimum Gasteiger partial charge on any atom is -0.393 e. The summed E-state index contributed by atoms with van der Waals surface area (Å²) in [5.74, 6) is 0. The first kappa shape index (κ1) is 17.7. The largest absolute Gasteiger partial charge is 0.393 e. The van der Waals surface area contributed by atoms with Gasteiger partial charge in [-0.1, -0.05) is 31.9 Å². The van der Waals surface area contributed by atoms with E-state index in [1.54, 1.807) is 0 Å². The van der Waals surface area contributed by atoms with Crippen molar-refractivity contribution in [3.05, 3.63) is 41.6 Å². The molecule has 1 aliphatic rings. The van der Waals surface area contributed by atoms with Crippen molar-refractivity contribution < 1.29 is 5.11 Å². The van der Waals surface area contributed by atoms with Crippen LogP contribution >= 0.6 is 0 Å². The van der Waals surface area contributed by atoms with Crippen LogP contribution in [0.25, 0.3) is 11.3 Å². The highest BCUT2D eigenvalue weighted by molar-refractivity contribution is 5.63. The number of nitrogens with one attached hydrogen (secondary N) is 1. The zero-order valence-corrected chi connectivity index (χ0v) is 15.0. The fourth-order valence-electron chi connectivity index (χ4n) is 3.68. The van der Waals surface area contributed by atoms with Crippen molar-refractivity contribution in [1.82, 2.24) is 15.1 Å². The minimum atomic E-state index is -0.222. The number of nitrogens with zero attached hydrogens (tertiary/aromatic N) is 3. The van der Waals surface area contributed by atoms with E-state index in [-0.39, 0.29) is 11.5 Å². The average Bonchev–Trinajstić information content (AvgIpc) is 2.98. The molecule has 0 aliphatic heterocycles. The van der Waals surface area contributed by atoms with E-state index in [0.717, 1.165) is 42.6 Å². The van der Waals surface area contributed by atoms with Gasteiger partial charge >= 0.3 is 0 Å². The van der Waals surface area contributed by atoms with Crippen LogP contribution in [0.15, 0.2) is 30.5 Å². The lowest BCUT2D eigenvalue weighted by atomic mass is 9.73. The van der Waals surface area contributed by atoms with Crippen LogP contribution in [-0.4, -0.2) is 27.5 Å². The number of aryl methyl sites for hydroxylation is 1. The van der Waals surface area contributed by atoms with Gasteiger partial charge in [-0.3, -0.25) is 4.68 Å². The molecule has 2 N–H and O–H groups in total. The Morgan fingerprint density at radius 3 is 2.80 bits per heavy atom. The third-order valence-corrected chi connectivity index (χ3v) is 5.32. The van der Waals surface area contributed by atoms with Crippen LogP contribution in [-0.2, 0) is 13.6 Å². The lowest BCUT2D eigenvalue weighted by Gasteiger charge is -2.38. The fraction of sp³-hybridized carbons (Fsp3) is 0.500. The molecule has 132 valence electrons. The zero-order chi connectivity index (χ0) is 17.9. The van der Waals surface area contributed by atoms with Crippen molar-refractivity contribution in [2.24, 2.45) is 12.5 Å². The first-order chi connectivity index (χ1) is 12.0. The Bertz CT molecular complexity index is 759. The summed E-state index contributed by atoms with van der Waals surface area (Å²) in [6.45, 7) is 3.69. The highest BCUT2D eigenvalue weighted by Gasteiger charge is 2.34. The minimum absolute atomic E-state index is 0.0466. The summed E-state index contributed by atoms with van der Waals surface area (Å²) in [4.78, 5) is 0. The molecule has 1 aliphatic carbocycles. The van der Waals surface area contributed by atoms with Gasteiger partial charge in [0.25, 0.3) is 0 Å². The summed E-state index contributed by atoms with van der Waals surface area (Å²) in [5.41, 5.74) is 3.68. The van der Waals surface area contributed by atoms with E-state index in [9.17, 15) is 5.11 Å². The maximum atomic E-state index is 10.3. The summed E-state index contributed by atoms with van der Waals surface area (Å²) in [6, 6.07) is 9.67. The Morgan fingerprint density at radius 1 is 1.36 bits per heavy atom. The predicted molar refractivity (Wildman–Crippen MR) is 97.6 cm³/mol. The number of benzene rings is 1. The van der Waals surface area contributed by atoms with Crippen molar-refractivity contribution >= 4 is 0 Å². The normalized spacial score (nSPS) is 23.4. The molecule has 0 spiro atoms. The monoisotopic (exact) mass is 338 g/mol. The van der Waals surface area contributed by atoms with Crippen molar-refractivity contribution in [3.8, 4) is 17.3 Å². The van der Waals surface area contributed by atoms with Gasteiger partial charge in [0.1, 0.15) is 0 Å². The number of hydrogen-bond donors (Lipinski definition) is 2. The fourth-order valence-corrected chi connectivity index (χ4v) is 3.68. The van der Waals surface area contributed by atoms with Crippen LogP contribution in [0.5, 0.6) is 0 Å². The number of aliphatic hydroxyl groups excluding tert-OH is 1. The summed E-state index contributed by atoms with van der Waals surface area (Å²) in [5, 5.41) is 27.4. The van der Waals surface area contributed by atoms with Crippen LogP contribution < -0.4 is 5.32 Å². The molecule has 2 atom stereocenters. The van der Waals surface area contributed by atoms with Gasteiger partial charge < -0.3 is 10.4 Å². The zero-order valence-electron chi connectivity index (χ0n) is 15.0. The number of aliphatic hydroxyl groups is 1. The molecule has 0 saturated heterocycles. The van der Waals surface area contributed by atoms with Crippen LogP contribution in [0.2, 0.25) is 0 Å². The second-order valence-electron chi connectivity index (χ2n) is 7.38. The first-order valence-electron chi connectivity index (χ1n) is 8.94. The molecule has 1 aromatic carbocycles. The molecule has 1 aromatic heterocycles. The molecule has 2 unspecified atom stereocenters. The third-order valence-electron chi connectivity index (χ3n) is 5.32. The predicted octanol–water partition coefficient (Wildman–Crippen LogP) is 2.99. The molecule has 0 radical (unpaired) electrons. The maximum absolute atomic E-state index is 10.3. The standard InChI is InChI=1S/C20H26N4O/c1-20(10-4-3-5-18(20)25)14-22-12-17-13-24(2)23-19(17)16-8-6-15(11-21)7-9-16/h6-9,13,18,22,25H,3-5,10,12,14H2,1-2H3. The molecule has 5 heteroatoms. The molecule has 0 amide bonds. The Hall–Kier alpha value is -2.16. The number of nitriles is 1. The molecular weight excluding hydrogens is 312 g/mol. The number of aromatic nitrogens is 2. The molecule has 1 saturated carbocycles. The van der Waals surface area contributed by atoms with E-state index in [0.29, 0.717) is 12.1 Å². The third kappa shape index (κ3) is 3.92. The second-order valence-corrected chi connectivity index (χ2v) is 7.38. The van der Waals surface area contributed by atoms with Gasteiger partial charge in [0.05, 0.1) is 23.4 Å². The Labute approximate surface area is 149 Å². The Balaban J connectivity index is 1.70. The van der Waals surface area contributed by atoms with Gasteiger partial charge in [0.2, 0.25) is 0 Å². The van der Waals surface area contributed by atoms with Gasteiger partial charge in [0.15, 0.2) is 0 Å². The highest BCUT2D eigenvalue weighted by Crippen LogP contribution is 2.35. The number of rotatable bonds is 5. The molecule has 3 rings (SSSR count). The molecule has 25 heavy (non-hydrogen) atoms.